The first-order valence-corrected chi connectivity index (χ1v) is 8.62. The molecule has 2 amide bonds. The summed E-state index contributed by atoms with van der Waals surface area (Å²) in [5.74, 6) is -0.430. The van der Waals surface area contributed by atoms with Crippen molar-refractivity contribution in [1.29, 1.82) is 0 Å². The van der Waals surface area contributed by atoms with Crippen LogP contribution in [0.4, 0.5) is 0 Å². The highest BCUT2D eigenvalue weighted by Crippen LogP contribution is 2.24. The van der Waals surface area contributed by atoms with Crippen molar-refractivity contribution >= 4 is 28.5 Å². The van der Waals surface area contributed by atoms with Crippen LogP contribution in [0.15, 0.2) is 54.7 Å². The number of fused-ring (bicyclic) bond motifs is 2. The summed E-state index contributed by atoms with van der Waals surface area (Å²) in [7, 11) is 0. The van der Waals surface area contributed by atoms with Crippen molar-refractivity contribution in [2.75, 3.05) is 6.54 Å². The number of carbonyl (C=O) groups is 3. The molecule has 0 saturated heterocycles. The summed E-state index contributed by atoms with van der Waals surface area (Å²) in [5, 5.41) is 0.931. The fraction of sp³-hybridized carbons (Fsp3) is 0.190. The summed E-state index contributed by atoms with van der Waals surface area (Å²) >= 11 is 0. The average molecular weight is 346 g/mol. The number of aromatic nitrogens is 1. The molecule has 1 aromatic heterocycles. The predicted molar refractivity (Wildman–Crippen MR) is 98.4 cm³/mol. The van der Waals surface area contributed by atoms with Crippen LogP contribution in [-0.4, -0.2) is 33.6 Å². The number of benzene rings is 2. The zero-order valence-corrected chi connectivity index (χ0v) is 14.4. The highest BCUT2D eigenvalue weighted by atomic mass is 16.2. The lowest BCUT2D eigenvalue weighted by molar-refractivity contribution is 0.0650. The quantitative estimate of drug-likeness (QED) is 0.524. The number of Topliss-reactive ketones (excluding diaryl/α,β-unsaturated/α-hetero) is 1. The maximum absolute atomic E-state index is 12.4. The molecular weight excluding hydrogens is 328 g/mol. The van der Waals surface area contributed by atoms with Crippen LogP contribution in [0.5, 0.6) is 0 Å². The van der Waals surface area contributed by atoms with Gasteiger partial charge in [-0.25, -0.2) is 0 Å². The third kappa shape index (κ3) is 2.52. The van der Waals surface area contributed by atoms with E-state index in [1.54, 1.807) is 31.2 Å². The van der Waals surface area contributed by atoms with E-state index in [2.05, 4.69) is 0 Å². The molecule has 0 N–H and O–H groups in total. The molecule has 0 radical (unpaired) electrons. The summed E-state index contributed by atoms with van der Waals surface area (Å²) in [6.45, 7) is 2.54. The van der Waals surface area contributed by atoms with Crippen molar-refractivity contribution < 1.29 is 14.4 Å². The molecule has 0 fully saturated rings. The number of imide groups is 1. The van der Waals surface area contributed by atoms with Gasteiger partial charge in [0.15, 0.2) is 5.78 Å². The molecule has 3 aromatic rings. The maximum Gasteiger partial charge on any atom is 0.261 e. The van der Waals surface area contributed by atoms with Gasteiger partial charge in [0, 0.05) is 35.8 Å². The Kier molecular flexibility index (Phi) is 3.92. The van der Waals surface area contributed by atoms with Crippen LogP contribution in [-0.2, 0) is 6.54 Å². The third-order valence-electron chi connectivity index (χ3n) is 4.83. The predicted octanol–water partition coefficient (Wildman–Crippen LogP) is 3.53. The standard InChI is InChI=1S/C21H18N2O3/c1-14(24)18-13-22(19-10-5-4-7-15(18)19)11-6-12-23-20(25)16-8-2-3-9-17(16)21(23)26/h2-5,7-10,13H,6,11-12H2,1H3. The van der Waals surface area contributed by atoms with Crippen LogP contribution in [0, 0.1) is 0 Å². The molecule has 0 aliphatic carbocycles. The molecule has 0 bridgehead atoms. The van der Waals surface area contributed by atoms with Gasteiger partial charge in [0.25, 0.3) is 11.8 Å². The summed E-state index contributed by atoms with van der Waals surface area (Å²) in [6.07, 6.45) is 2.48. The van der Waals surface area contributed by atoms with Crippen LogP contribution in [0.2, 0.25) is 0 Å². The Morgan fingerprint density at radius 1 is 0.885 bits per heavy atom. The molecule has 4 rings (SSSR count). The molecule has 5 nitrogen and oxygen atoms in total. The van der Waals surface area contributed by atoms with E-state index in [4.69, 9.17) is 0 Å². The van der Waals surface area contributed by atoms with E-state index in [-0.39, 0.29) is 17.6 Å². The Hall–Kier alpha value is -3.21. The molecule has 1 aliphatic heterocycles. The summed E-state index contributed by atoms with van der Waals surface area (Å²) in [5.41, 5.74) is 2.63. The van der Waals surface area contributed by atoms with Crippen molar-refractivity contribution in [2.24, 2.45) is 0 Å². The Morgan fingerprint density at radius 2 is 1.50 bits per heavy atom. The lowest BCUT2D eigenvalue weighted by Gasteiger charge is -2.14. The number of hydrogen-bond donors (Lipinski definition) is 0. The third-order valence-corrected chi connectivity index (χ3v) is 4.83. The van der Waals surface area contributed by atoms with Gasteiger partial charge in [-0.15, -0.1) is 0 Å². The van der Waals surface area contributed by atoms with E-state index in [1.807, 2.05) is 35.0 Å². The molecule has 0 saturated carbocycles. The zero-order valence-electron chi connectivity index (χ0n) is 14.4. The zero-order chi connectivity index (χ0) is 18.3. The van der Waals surface area contributed by atoms with E-state index < -0.39 is 0 Å². The van der Waals surface area contributed by atoms with Gasteiger partial charge in [0.2, 0.25) is 0 Å². The Bertz CT molecular complexity index is 1010. The van der Waals surface area contributed by atoms with E-state index >= 15 is 0 Å². The number of rotatable bonds is 5. The monoisotopic (exact) mass is 346 g/mol. The molecule has 130 valence electrons. The highest BCUT2D eigenvalue weighted by Gasteiger charge is 2.34. The second-order valence-electron chi connectivity index (χ2n) is 6.47. The molecule has 0 atom stereocenters. The minimum atomic E-state index is -0.229. The number of nitrogens with zero attached hydrogens (tertiary/aromatic N) is 2. The Labute approximate surface area is 150 Å². The molecule has 0 unspecified atom stereocenters. The van der Waals surface area contributed by atoms with Crippen LogP contribution in [0.1, 0.15) is 44.4 Å². The summed E-state index contributed by atoms with van der Waals surface area (Å²) in [6, 6.07) is 14.7. The van der Waals surface area contributed by atoms with E-state index in [9.17, 15) is 14.4 Å². The van der Waals surface area contributed by atoms with Crippen LogP contribution >= 0.6 is 0 Å². The number of amides is 2. The highest BCUT2D eigenvalue weighted by molar-refractivity contribution is 6.21. The maximum atomic E-state index is 12.4. The Morgan fingerprint density at radius 3 is 2.15 bits per heavy atom. The van der Waals surface area contributed by atoms with Gasteiger partial charge < -0.3 is 4.57 Å². The van der Waals surface area contributed by atoms with Crippen molar-refractivity contribution in [3.63, 3.8) is 0 Å². The van der Waals surface area contributed by atoms with E-state index in [0.29, 0.717) is 36.2 Å². The first-order valence-electron chi connectivity index (χ1n) is 8.62. The molecule has 26 heavy (non-hydrogen) atoms. The van der Waals surface area contributed by atoms with Crippen LogP contribution < -0.4 is 0 Å². The van der Waals surface area contributed by atoms with Crippen LogP contribution in [0.25, 0.3) is 10.9 Å². The minimum absolute atomic E-state index is 0.0281. The normalized spacial score (nSPS) is 13.5. The molecule has 1 aliphatic rings. The second-order valence-corrected chi connectivity index (χ2v) is 6.47. The summed E-state index contributed by atoms with van der Waals surface area (Å²) < 4.78 is 2.02. The van der Waals surface area contributed by atoms with Crippen molar-refractivity contribution in [1.82, 2.24) is 9.47 Å². The Balaban J connectivity index is 1.51. The molecule has 2 heterocycles. The largest absolute Gasteiger partial charge is 0.347 e. The number of aryl methyl sites for hydroxylation is 1. The van der Waals surface area contributed by atoms with Gasteiger partial charge in [0.1, 0.15) is 0 Å². The minimum Gasteiger partial charge on any atom is -0.347 e. The van der Waals surface area contributed by atoms with Gasteiger partial charge >= 0.3 is 0 Å². The topological polar surface area (TPSA) is 59.4 Å². The molecular formula is C21H18N2O3. The molecule has 5 heteroatoms. The fourth-order valence-corrected chi connectivity index (χ4v) is 3.55. The van der Waals surface area contributed by atoms with Crippen LogP contribution in [0.3, 0.4) is 0 Å². The summed E-state index contributed by atoms with van der Waals surface area (Å²) in [4.78, 5) is 38.0. The average Bonchev–Trinajstić information content (AvgIpc) is 3.14. The van der Waals surface area contributed by atoms with Gasteiger partial charge in [-0.1, -0.05) is 30.3 Å². The number of para-hydroxylation sites is 1. The van der Waals surface area contributed by atoms with E-state index in [0.717, 1.165) is 10.9 Å². The fourth-order valence-electron chi connectivity index (χ4n) is 3.55. The van der Waals surface area contributed by atoms with Gasteiger partial charge in [0.05, 0.1) is 11.1 Å². The molecule has 0 spiro atoms. The van der Waals surface area contributed by atoms with Crippen molar-refractivity contribution in [2.45, 2.75) is 19.9 Å². The van der Waals surface area contributed by atoms with Crippen molar-refractivity contribution in [3.05, 3.63) is 71.4 Å². The number of hydrogen-bond acceptors (Lipinski definition) is 3. The number of ketones is 1. The van der Waals surface area contributed by atoms with Gasteiger partial charge in [-0.2, -0.15) is 0 Å². The lowest BCUT2D eigenvalue weighted by atomic mass is 10.1. The second kappa shape index (κ2) is 6.26. The smallest absolute Gasteiger partial charge is 0.261 e. The first-order chi connectivity index (χ1) is 12.6. The number of carbonyl (C=O) groups excluding carboxylic acids is 3. The van der Waals surface area contributed by atoms with Gasteiger partial charge in [-0.3, -0.25) is 19.3 Å². The van der Waals surface area contributed by atoms with Gasteiger partial charge in [-0.05, 0) is 31.5 Å². The van der Waals surface area contributed by atoms with E-state index in [1.165, 1.54) is 4.90 Å². The molecule has 2 aromatic carbocycles. The van der Waals surface area contributed by atoms with Crippen molar-refractivity contribution in [3.8, 4) is 0 Å². The first kappa shape index (κ1) is 16.3. The SMILES string of the molecule is CC(=O)c1cn(CCCN2C(=O)c3ccccc3C2=O)c2ccccc12. The lowest BCUT2D eigenvalue weighted by Crippen LogP contribution is -2.31.